The molecule has 0 aromatic carbocycles. The Morgan fingerprint density at radius 2 is 2.35 bits per heavy atom. The van der Waals surface area contributed by atoms with E-state index in [2.05, 4.69) is 16.8 Å². The van der Waals surface area contributed by atoms with E-state index < -0.39 is 4.92 Å². The molecule has 1 rings (SSSR count). The van der Waals surface area contributed by atoms with Crippen LogP contribution in [0.4, 0.5) is 5.95 Å². The van der Waals surface area contributed by atoms with Crippen molar-refractivity contribution in [3.8, 4) is 11.8 Å². The minimum atomic E-state index is -0.573. The van der Waals surface area contributed by atoms with Crippen LogP contribution in [-0.4, -0.2) is 33.3 Å². The van der Waals surface area contributed by atoms with Crippen LogP contribution in [0.2, 0.25) is 0 Å². The standard InChI is InChI=1S/C10H13N3O4/c1-12-9(7-17-2)8(5-3-4-6-14)11-10(12)13(15)16/h14H,4,6-7H2,1-2H3. The van der Waals surface area contributed by atoms with Crippen molar-refractivity contribution in [2.75, 3.05) is 13.7 Å². The Morgan fingerprint density at radius 3 is 2.88 bits per heavy atom. The van der Waals surface area contributed by atoms with E-state index in [1.807, 2.05) is 0 Å². The van der Waals surface area contributed by atoms with Crippen molar-refractivity contribution in [1.82, 2.24) is 9.55 Å². The van der Waals surface area contributed by atoms with Gasteiger partial charge in [0.25, 0.3) is 0 Å². The number of hydrogen-bond acceptors (Lipinski definition) is 5. The van der Waals surface area contributed by atoms with Crippen LogP contribution >= 0.6 is 0 Å². The molecule has 0 spiro atoms. The molecule has 1 N–H and O–H groups in total. The molecule has 0 atom stereocenters. The zero-order chi connectivity index (χ0) is 12.8. The fourth-order valence-electron chi connectivity index (χ4n) is 1.29. The maximum atomic E-state index is 10.7. The lowest BCUT2D eigenvalue weighted by Crippen LogP contribution is -2.03. The number of nitro groups is 1. The van der Waals surface area contributed by atoms with Crippen LogP contribution in [-0.2, 0) is 18.4 Å². The zero-order valence-corrected chi connectivity index (χ0v) is 9.63. The van der Waals surface area contributed by atoms with Gasteiger partial charge in [0.1, 0.15) is 6.61 Å². The van der Waals surface area contributed by atoms with Crippen LogP contribution < -0.4 is 0 Å². The molecular weight excluding hydrogens is 226 g/mol. The highest BCUT2D eigenvalue weighted by molar-refractivity contribution is 5.37. The van der Waals surface area contributed by atoms with E-state index in [0.717, 1.165) is 0 Å². The lowest BCUT2D eigenvalue weighted by atomic mass is 10.3. The number of methoxy groups -OCH3 is 1. The van der Waals surface area contributed by atoms with Crippen LogP contribution in [0.15, 0.2) is 0 Å². The molecule has 7 nitrogen and oxygen atoms in total. The van der Waals surface area contributed by atoms with Gasteiger partial charge in [-0.15, -0.1) is 0 Å². The molecule has 92 valence electrons. The third-order valence-corrected chi connectivity index (χ3v) is 2.08. The summed E-state index contributed by atoms with van der Waals surface area (Å²) < 4.78 is 6.29. The number of imidazole rings is 1. The first kappa shape index (κ1) is 13.2. The number of nitrogens with zero attached hydrogens (tertiary/aromatic N) is 3. The summed E-state index contributed by atoms with van der Waals surface area (Å²) in [5.74, 6) is 5.09. The van der Waals surface area contributed by atoms with E-state index >= 15 is 0 Å². The molecule has 0 aliphatic carbocycles. The number of rotatable bonds is 4. The molecule has 7 heteroatoms. The third-order valence-electron chi connectivity index (χ3n) is 2.08. The maximum absolute atomic E-state index is 10.7. The van der Waals surface area contributed by atoms with Gasteiger partial charge in [-0.2, -0.15) is 0 Å². The first-order valence-corrected chi connectivity index (χ1v) is 4.90. The number of aromatic nitrogens is 2. The molecule has 17 heavy (non-hydrogen) atoms. The monoisotopic (exact) mass is 239 g/mol. The molecule has 0 fully saturated rings. The molecule has 0 radical (unpaired) electrons. The van der Waals surface area contributed by atoms with E-state index in [1.54, 1.807) is 0 Å². The molecule has 0 unspecified atom stereocenters. The largest absolute Gasteiger partial charge is 0.435 e. The van der Waals surface area contributed by atoms with Crippen molar-refractivity contribution in [1.29, 1.82) is 0 Å². The molecule has 1 heterocycles. The van der Waals surface area contributed by atoms with Gasteiger partial charge in [-0.1, -0.05) is 10.9 Å². The van der Waals surface area contributed by atoms with Crippen molar-refractivity contribution in [3.05, 3.63) is 21.5 Å². The van der Waals surface area contributed by atoms with Gasteiger partial charge < -0.3 is 20.0 Å². The highest BCUT2D eigenvalue weighted by Gasteiger charge is 2.23. The van der Waals surface area contributed by atoms with Gasteiger partial charge in [-0.05, 0) is 10.8 Å². The van der Waals surface area contributed by atoms with Crippen LogP contribution in [0.3, 0.4) is 0 Å². The fraction of sp³-hybridized carbons (Fsp3) is 0.500. The predicted molar refractivity (Wildman–Crippen MR) is 59.2 cm³/mol. The average molecular weight is 239 g/mol. The van der Waals surface area contributed by atoms with E-state index in [9.17, 15) is 10.1 Å². The fourth-order valence-corrected chi connectivity index (χ4v) is 1.29. The molecule has 1 aromatic rings. The first-order valence-electron chi connectivity index (χ1n) is 4.90. The molecule has 1 aromatic heterocycles. The number of hydrogen-bond donors (Lipinski definition) is 1. The van der Waals surface area contributed by atoms with Crippen LogP contribution in [0.5, 0.6) is 0 Å². The second-order valence-corrected chi connectivity index (χ2v) is 3.23. The van der Waals surface area contributed by atoms with Gasteiger partial charge in [-0.25, -0.2) is 4.57 Å². The van der Waals surface area contributed by atoms with Gasteiger partial charge in [0.2, 0.25) is 5.69 Å². The summed E-state index contributed by atoms with van der Waals surface area (Å²) in [6, 6.07) is 0. The maximum Gasteiger partial charge on any atom is 0.435 e. The average Bonchev–Trinajstić information content (AvgIpc) is 2.59. The van der Waals surface area contributed by atoms with Crippen LogP contribution in [0.1, 0.15) is 17.8 Å². The van der Waals surface area contributed by atoms with Crippen molar-refractivity contribution in [2.45, 2.75) is 13.0 Å². The highest BCUT2D eigenvalue weighted by Crippen LogP contribution is 2.16. The third kappa shape index (κ3) is 3.03. The van der Waals surface area contributed by atoms with Gasteiger partial charge in [0.15, 0.2) is 5.69 Å². The summed E-state index contributed by atoms with van der Waals surface area (Å²) in [5.41, 5.74) is 0.860. The number of aliphatic hydroxyl groups excluding tert-OH is 1. The predicted octanol–water partition coefficient (Wildman–Crippen LogP) is 0.209. The topological polar surface area (TPSA) is 90.4 Å². The Hall–Kier alpha value is -1.91. The van der Waals surface area contributed by atoms with E-state index in [1.165, 1.54) is 18.7 Å². The summed E-state index contributed by atoms with van der Waals surface area (Å²) in [6.45, 7) is 0.141. The van der Waals surface area contributed by atoms with Gasteiger partial charge in [-0.3, -0.25) is 0 Å². The zero-order valence-electron chi connectivity index (χ0n) is 9.63. The molecule has 0 amide bonds. The van der Waals surface area contributed by atoms with Gasteiger partial charge in [0, 0.05) is 13.5 Å². The summed E-state index contributed by atoms with van der Waals surface area (Å²) >= 11 is 0. The van der Waals surface area contributed by atoms with E-state index in [0.29, 0.717) is 17.8 Å². The van der Waals surface area contributed by atoms with Crippen molar-refractivity contribution in [3.63, 3.8) is 0 Å². The quantitative estimate of drug-likeness (QED) is 0.460. The lowest BCUT2D eigenvalue weighted by molar-refractivity contribution is -0.396. The SMILES string of the molecule is COCc1c(C#CCCO)nc([N+](=O)[O-])n1C. The van der Waals surface area contributed by atoms with Gasteiger partial charge in [0.05, 0.1) is 13.7 Å². The van der Waals surface area contributed by atoms with E-state index in [-0.39, 0.29) is 19.2 Å². The summed E-state index contributed by atoms with van der Waals surface area (Å²) in [5, 5.41) is 19.3. The van der Waals surface area contributed by atoms with Gasteiger partial charge >= 0.3 is 5.95 Å². The first-order chi connectivity index (χ1) is 8.11. The smallest absolute Gasteiger partial charge is 0.395 e. The summed E-state index contributed by atoms with van der Waals surface area (Å²) in [7, 11) is 3.03. The number of ether oxygens (including phenoxy) is 1. The van der Waals surface area contributed by atoms with Crippen molar-refractivity contribution >= 4 is 5.95 Å². The Kier molecular flexibility index (Phi) is 4.63. The molecule has 0 saturated carbocycles. The Morgan fingerprint density at radius 1 is 1.65 bits per heavy atom. The van der Waals surface area contributed by atoms with Crippen molar-refractivity contribution < 1.29 is 14.8 Å². The minimum absolute atomic E-state index is 0.0540. The van der Waals surface area contributed by atoms with E-state index in [4.69, 9.17) is 9.84 Å². The number of aliphatic hydroxyl groups is 1. The molecule has 0 bridgehead atoms. The highest BCUT2D eigenvalue weighted by atomic mass is 16.6. The lowest BCUT2D eigenvalue weighted by Gasteiger charge is -1.97. The second-order valence-electron chi connectivity index (χ2n) is 3.23. The van der Waals surface area contributed by atoms with Crippen molar-refractivity contribution in [2.24, 2.45) is 7.05 Å². The molecular formula is C10H13N3O4. The normalized spacial score (nSPS) is 9.82. The Balaban J connectivity index is 3.15. The van der Waals surface area contributed by atoms with Crippen LogP contribution in [0, 0.1) is 22.0 Å². The minimum Gasteiger partial charge on any atom is -0.395 e. The molecule has 0 aliphatic rings. The Labute approximate surface area is 98.2 Å². The molecule has 0 saturated heterocycles. The Bertz CT molecular complexity index is 470. The summed E-state index contributed by atoms with van der Waals surface area (Å²) in [4.78, 5) is 14.0. The molecule has 0 aliphatic heterocycles. The van der Waals surface area contributed by atoms with Crippen LogP contribution in [0.25, 0.3) is 0 Å². The second kappa shape index (κ2) is 5.98. The summed E-state index contributed by atoms with van der Waals surface area (Å²) in [6.07, 6.45) is 0.302.